The van der Waals surface area contributed by atoms with Gasteiger partial charge in [0, 0.05) is 28.9 Å². The molecule has 0 radical (unpaired) electrons. The summed E-state index contributed by atoms with van der Waals surface area (Å²) in [5.74, 6) is 0.115. The summed E-state index contributed by atoms with van der Waals surface area (Å²) >= 11 is -1.71. The third-order valence-corrected chi connectivity index (χ3v) is 4.16. The number of hydrogen-bond donors (Lipinski definition) is 3. The Morgan fingerprint density at radius 1 is 1.38 bits per heavy atom. The lowest BCUT2D eigenvalue weighted by Crippen LogP contribution is -2.21. The third-order valence-electron chi connectivity index (χ3n) is 3.48. The highest BCUT2D eigenvalue weighted by atomic mass is 32.2. The number of benzene rings is 1. The van der Waals surface area contributed by atoms with Crippen LogP contribution in [0.15, 0.2) is 18.2 Å². The number of rotatable bonds is 6. The molecule has 0 saturated heterocycles. The molecule has 130 valence electrons. The minimum atomic E-state index is -1.71. The summed E-state index contributed by atoms with van der Waals surface area (Å²) in [6.45, 7) is 3.98. The summed E-state index contributed by atoms with van der Waals surface area (Å²) < 4.78 is 19.4. The summed E-state index contributed by atoms with van der Waals surface area (Å²) in [6.07, 6.45) is 0.858. The second kappa shape index (κ2) is 7.45. The Labute approximate surface area is 143 Å². The fourth-order valence-electron chi connectivity index (χ4n) is 1.96. The molecule has 24 heavy (non-hydrogen) atoms. The average Bonchev–Trinajstić information content (AvgIpc) is 2.87. The van der Waals surface area contributed by atoms with Crippen molar-refractivity contribution in [1.82, 2.24) is 13.6 Å². The van der Waals surface area contributed by atoms with Crippen LogP contribution in [0.1, 0.15) is 30.6 Å². The van der Waals surface area contributed by atoms with Gasteiger partial charge in [-0.3, -0.25) is 4.79 Å². The zero-order valence-electron chi connectivity index (χ0n) is 14.0. The van der Waals surface area contributed by atoms with Crippen molar-refractivity contribution in [2.45, 2.75) is 26.3 Å². The highest BCUT2D eigenvalue weighted by Gasteiger charge is 2.21. The van der Waals surface area contributed by atoms with Crippen LogP contribution in [0.3, 0.4) is 0 Å². The summed E-state index contributed by atoms with van der Waals surface area (Å²) in [4.78, 5) is 13.5. The highest BCUT2D eigenvalue weighted by Crippen LogP contribution is 2.33. The predicted octanol–water partition coefficient (Wildman–Crippen LogP) is 2.57. The van der Waals surface area contributed by atoms with Gasteiger partial charge in [0.05, 0.1) is 11.3 Å². The van der Waals surface area contributed by atoms with Crippen molar-refractivity contribution in [2.75, 3.05) is 24.7 Å². The molecular formula is C15H21N5O3S. The standard InChI is InChI=1S/C15H21N5O3S/c1-5-9(2)16-13-14(19-24(23)18-13)17-11-8-6-7-10(12(11)21)15(22)20(3)4/h6-9,21H,5H2,1-4H3,(H,16,18)(H,17,19). The van der Waals surface area contributed by atoms with Crippen molar-refractivity contribution >= 4 is 34.4 Å². The van der Waals surface area contributed by atoms with E-state index in [2.05, 4.69) is 19.4 Å². The van der Waals surface area contributed by atoms with E-state index in [1.165, 1.54) is 11.0 Å². The van der Waals surface area contributed by atoms with Gasteiger partial charge >= 0.3 is 0 Å². The van der Waals surface area contributed by atoms with Gasteiger partial charge in [-0.2, -0.15) is 0 Å². The van der Waals surface area contributed by atoms with Crippen LogP contribution >= 0.6 is 11.1 Å². The smallest absolute Gasteiger partial charge is 0.257 e. The molecule has 1 amide bonds. The first-order valence-electron chi connectivity index (χ1n) is 7.50. The maximum atomic E-state index is 12.1. The molecule has 0 bridgehead atoms. The molecule has 3 N–H and O–H groups in total. The number of carbonyl (C=O) groups is 1. The van der Waals surface area contributed by atoms with E-state index in [1.54, 1.807) is 26.2 Å². The van der Waals surface area contributed by atoms with Crippen molar-refractivity contribution in [3.63, 3.8) is 0 Å². The van der Waals surface area contributed by atoms with E-state index in [0.717, 1.165) is 6.42 Å². The number of hydrogen-bond acceptors (Lipinski definition) is 7. The van der Waals surface area contributed by atoms with E-state index >= 15 is 0 Å². The second-order valence-corrected chi connectivity index (χ2v) is 6.42. The summed E-state index contributed by atoms with van der Waals surface area (Å²) in [6, 6.07) is 4.90. The molecule has 8 nitrogen and oxygen atoms in total. The van der Waals surface area contributed by atoms with Gasteiger partial charge < -0.3 is 25.2 Å². The minimum Gasteiger partial charge on any atom is -0.546 e. The van der Waals surface area contributed by atoms with E-state index in [9.17, 15) is 14.5 Å². The first-order chi connectivity index (χ1) is 11.3. The van der Waals surface area contributed by atoms with Crippen molar-refractivity contribution in [3.05, 3.63) is 23.8 Å². The molecule has 0 aliphatic carbocycles. The Kier molecular flexibility index (Phi) is 5.58. The number of aromatic nitrogens is 2. The van der Waals surface area contributed by atoms with Gasteiger partial charge in [-0.25, -0.2) is 0 Å². The molecule has 1 aromatic carbocycles. The maximum Gasteiger partial charge on any atom is 0.257 e. The molecule has 0 aliphatic heterocycles. The quantitative estimate of drug-likeness (QED) is 0.541. The number of amides is 1. The molecule has 2 aromatic rings. The van der Waals surface area contributed by atoms with Crippen LogP contribution in [-0.2, 0) is 0 Å². The summed E-state index contributed by atoms with van der Waals surface area (Å²) in [5, 5.41) is 16.4. The Balaban J connectivity index is 2.32. The molecular weight excluding hydrogens is 330 g/mol. The fraction of sp³-hybridized carbons (Fsp3) is 0.400. The van der Waals surface area contributed by atoms with Gasteiger partial charge in [0.1, 0.15) is 0 Å². The monoisotopic (exact) mass is 351 g/mol. The first-order valence-corrected chi connectivity index (χ1v) is 8.56. The van der Waals surface area contributed by atoms with Gasteiger partial charge in [0.25, 0.3) is 5.91 Å². The molecule has 1 aromatic heterocycles. The topological polar surface area (TPSA) is 113 Å². The molecule has 0 fully saturated rings. The molecule has 9 heteroatoms. The lowest BCUT2D eigenvalue weighted by atomic mass is 10.1. The lowest BCUT2D eigenvalue weighted by Gasteiger charge is -2.14. The molecule has 0 saturated carbocycles. The number of anilines is 3. The Morgan fingerprint density at radius 2 is 2.04 bits per heavy atom. The van der Waals surface area contributed by atoms with Crippen LogP contribution in [0.4, 0.5) is 17.3 Å². The van der Waals surface area contributed by atoms with Crippen LogP contribution in [0.2, 0.25) is 0 Å². The van der Waals surface area contributed by atoms with Gasteiger partial charge in [-0.15, -0.1) is 0 Å². The predicted molar refractivity (Wildman–Crippen MR) is 93.5 cm³/mol. The zero-order chi connectivity index (χ0) is 17.9. The van der Waals surface area contributed by atoms with Crippen LogP contribution in [0, 0.1) is 0 Å². The van der Waals surface area contributed by atoms with Crippen molar-refractivity contribution in [1.29, 1.82) is 0 Å². The van der Waals surface area contributed by atoms with Crippen LogP contribution in [0.5, 0.6) is 5.75 Å². The number of para-hydroxylation sites is 1. The third kappa shape index (κ3) is 3.92. The normalized spacial score (nSPS) is 12.6. The van der Waals surface area contributed by atoms with Crippen LogP contribution in [0.25, 0.3) is 0 Å². The number of phenols is 1. The number of nitrogens with zero attached hydrogens (tertiary/aromatic N) is 3. The second-order valence-electron chi connectivity index (χ2n) is 5.59. The van der Waals surface area contributed by atoms with Crippen molar-refractivity contribution < 1.29 is 14.5 Å². The van der Waals surface area contributed by atoms with Crippen molar-refractivity contribution in [2.24, 2.45) is 0 Å². The molecule has 2 rings (SSSR count). The lowest BCUT2D eigenvalue weighted by molar-refractivity contribution is 0.0824. The van der Waals surface area contributed by atoms with E-state index in [4.69, 9.17) is 0 Å². The van der Waals surface area contributed by atoms with Gasteiger partial charge in [0.15, 0.2) is 16.9 Å². The Hall–Kier alpha value is -2.39. The minimum absolute atomic E-state index is 0.126. The summed E-state index contributed by atoms with van der Waals surface area (Å²) in [5.41, 5.74) is 0.456. The summed E-state index contributed by atoms with van der Waals surface area (Å²) in [7, 11) is 3.21. The number of aromatic hydroxyl groups is 1. The van der Waals surface area contributed by atoms with Crippen molar-refractivity contribution in [3.8, 4) is 5.75 Å². The zero-order valence-corrected chi connectivity index (χ0v) is 14.8. The highest BCUT2D eigenvalue weighted by molar-refractivity contribution is 7.14. The number of phenolic OH excluding ortho intramolecular Hbond substituents is 1. The SMILES string of the molecule is CCC(C)Nc1n[s+]([O-])nc1Nc1cccc(C(=O)N(C)C)c1O. The van der Waals surface area contributed by atoms with Gasteiger partial charge in [-0.05, 0) is 25.5 Å². The van der Waals surface area contributed by atoms with E-state index in [1.807, 2.05) is 13.8 Å². The Bertz CT molecular complexity index is 732. The van der Waals surface area contributed by atoms with Gasteiger partial charge in [0.2, 0.25) is 11.6 Å². The molecule has 1 heterocycles. The molecule has 2 atom stereocenters. The average molecular weight is 351 g/mol. The molecule has 0 aliphatic rings. The molecule has 0 spiro atoms. The maximum absolute atomic E-state index is 12.1. The van der Waals surface area contributed by atoms with Crippen LogP contribution < -0.4 is 10.6 Å². The van der Waals surface area contributed by atoms with E-state index in [0.29, 0.717) is 11.5 Å². The van der Waals surface area contributed by atoms with E-state index in [-0.39, 0.29) is 29.1 Å². The largest absolute Gasteiger partial charge is 0.546 e. The van der Waals surface area contributed by atoms with Gasteiger partial charge in [-0.1, -0.05) is 13.0 Å². The van der Waals surface area contributed by atoms with E-state index < -0.39 is 11.1 Å². The molecule has 2 unspecified atom stereocenters. The first kappa shape index (κ1) is 18.0. The fourth-order valence-corrected chi connectivity index (χ4v) is 2.59. The Morgan fingerprint density at radius 3 is 2.67 bits per heavy atom. The van der Waals surface area contributed by atoms with Crippen LogP contribution in [-0.4, -0.2) is 49.4 Å². The number of nitrogens with one attached hydrogen (secondary N) is 2. The number of carbonyl (C=O) groups excluding carboxylic acids is 1.